The summed E-state index contributed by atoms with van der Waals surface area (Å²) in [5.41, 5.74) is 1.18. The largest absolute Gasteiger partial charge is 0.472 e. The van der Waals surface area contributed by atoms with Gasteiger partial charge in [0.05, 0.1) is 0 Å². The number of hydrogen-bond donors (Lipinski definition) is 6. The highest BCUT2D eigenvalue weighted by atomic mass is 16.5. The first-order valence-electron chi connectivity index (χ1n) is 5.54. The van der Waals surface area contributed by atoms with Gasteiger partial charge in [-0.1, -0.05) is 0 Å². The molecule has 10 heteroatoms. The number of carboxylic acid groups (broad SMARTS) is 1. The van der Waals surface area contributed by atoms with Crippen molar-refractivity contribution in [2.24, 2.45) is 0 Å². The van der Waals surface area contributed by atoms with Crippen LogP contribution in [0.25, 0.3) is 0 Å². The number of amides is 2. The highest BCUT2D eigenvalue weighted by Crippen LogP contribution is 2.00. The Morgan fingerprint density at radius 3 is 1.82 bits per heavy atom. The lowest BCUT2D eigenvalue weighted by Gasteiger charge is -2.20. The molecule has 0 aromatic heterocycles. The first kappa shape index (κ1) is 27.8. The van der Waals surface area contributed by atoms with Crippen molar-refractivity contribution >= 4 is 24.1 Å². The maximum atomic E-state index is 11.1. The molecule has 10 nitrogen and oxygen atoms in total. The van der Waals surface area contributed by atoms with Crippen molar-refractivity contribution in [3.05, 3.63) is 0 Å². The van der Waals surface area contributed by atoms with Crippen molar-refractivity contribution < 1.29 is 29.5 Å². The van der Waals surface area contributed by atoms with Gasteiger partial charge in [-0.15, -0.1) is 0 Å². The molecule has 0 aromatic rings. The van der Waals surface area contributed by atoms with Crippen LogP contribution < -0.4 is 23.1 Å². The molecule has 0 aliphatic carbocycles. The van der Waals surface area contributed by atoms with Gasteiger partial charge in [0.25, 0.3) is 0 Å². The number of hydroxylamine groups is 1. The van der Waals surface area contributed by atoms with Gasteiger partial charge in [-0.05, 0) is 26.7 Å². The molecule has 10 N–H and O–H groups in total. The number of carboxylic acids is 1. The second-order valence-corrected chi connectivity index (χ2v) is 4.53. The third-order valence-corrected chi connectivity index (χ3v) is 1.46. The van der Waals surface area contributed by atoms with Gasteiger partial charge in [-0.2, -0.15) is 0 Å². The summed E-state index contributed by atoms with van der Waals surface area (Å²) in [6.45, 7) is 5.57. The van der Waals surface area contributed by atoms with Gasteiger partial charge in [0.15, 0.2) is 6.29 Å². The second-order valence-electron chi connectivity index (χ2n) is 4.53. The number of aldehydes is 1. The minimum absolute atomic E-state index is 0. The maximum Gasteiger partial charge on any atom is 0.382 e. The van der Waals surface area contributed by atoms with E-state index in [0.717, 1.165) is 0 Å². The summed E-state index contributed by atoms with van der Waals surface area (Å²) in [5.74, 6) is 1.28. The Hall–Kier alpha value is -2.48. The first-order valence-corrected chi connectivity index (χ1v) is 5.54. The molecule has 0 unspecified atom stereocenters. The SMILES string of the molecule is CC(C)(C)NC(=O)CCC(=O)NO.N.N.O=CC#CC(=O)O. The molecule has 0 rings (SSSR count). The Kier molecular flexibility index (Phi) is 18.8. The van der Waals surface area contributed by atoms with Crippen molar-refractivity contribution in [1.82, 2.24) is 23.1 Å². The molecule has 0 aromatic carbocycles. The third kappa shape index (κ3) is 26.2. The summed E-state index contributed by atoms with van der Waals surface area (Å²) in [7, 11) is 0. The van der Waals surface area contributed by atoms with E-state index >= 15 is 0 Å². The van der Waals surface area contributed by atoms with Crippen molar-refractivity contribution in [3.63, 3.8) is 0 Å². The van der Waals surface area contributed by atoms with E-state index in [4.69, 9.17) is 10.3 Å². The van der Waals surface area contributed by atoms with Crippen molar-refractivity contribution in [2.75, 3.05) is 0 Å². The molecule has 0 aliphatic heterocycles. The molecule has 128 valence electrons. The number of aliphatic carboxylic acids is 1. The van der Waals surface area contributed by atoms with Gasteiger partial charge in [0.2, 0.25) is 11.8 Å². The minimum atomic E-state index is -1.29. The quantitative estimate of drug-likeness (QED) is 0.177. The number of carbonyl (C=O) groups excluding carboxylic acids is 3. The third-order valence-electron chi connectivity index (χ3n) is 1.46. The Morgan fingerprint density at radius 2 is 1.55 bits per heavy atom. The summed E-state index contributed by atoms with van der Waals surface area (Å²) in [6.07, 6.45) is 0.316. The molecular formula is C12H24N4O6. The van der Waals surface area contributed by atoms with Crippen LogP contribution >= 0.6 is 0 Å². The Balaban J connectivity index is -0.000000156. The standard InChI is InChI=1S/C8H16N2O3.C4H2O3.2H3N/c1-8(2,3)9-6(11)4-5-7(12)10-13;5-3-1-2-4(6)7;;/h13H,4-5H2,1-3H3,(H,9,11)(H,10,12);3H,(H,6,7);2*1H3. The lowest BCUT2D eigenvalue weighted by Crippen LogP contribution is -2.40. The summed E-state index contributed by atoms with van der Waals surface area (Å²) >= 11 is 0. The topological polar surface area (TPSA) is 203 Å². The summed E-state index contributed by atoms with van der Waals surface area (Å²) in [6, 6.07) is 0. The van der Waals surface area contributed by atoms with E-state index in [2.05, 4.69) is 5.32 Å². The van der Waals surface area contributed by atoms with E-state index < -0.39 is 11.9 Å². The van der Waals surface area contributed by atoms with Crippen LogP contribution in [-0.4, -0.2) is 39.9 Å². The van der Waals surface area contributed by atoms with E-state index in [-0.39, 0.29) is 42.9 Å². The molecule has 0 aliphatic rings. The van der Waals surface area contributed by atoms with E-state index in [9.17, 15) is 19.2 Å². The van der Waals surface area contributed by atoms with Gasteiger partial charge < -0.3 is 22.7 Å². The normalized spacial score (nSPS) is 8.18. The Bertz CT molecular complexity index is 420. The second kappa shape index (κ2) is 14.9. The van der Waals surface area contributed by atoms with Gasteiger partial charge >= 0.3 is 5.97 Å². The van der Waals surface area contributed by atoms with Crippen LogP contribution in [0.2, 0.25) is 0 Å². The fraction of sp³-hybridized carbons (Fsp3) is 0.500. The van der Waals surface area contributed by atoms with E-state index in [0.29, 0.717) is 0 Å². The predicted octanol–water partition coefficient (Wildman–Crippen LogP) is -0.216. The highest BCUT2D eigenvalue weighted by Gasteiger charge is 2.14. The van der Waals surface area contributed by atoms with Crippen LogP contribution in [0.1, 0.15) is 33.6 Å². The van der Waals surface area contributed by atoms with Crippen molar-refractivity contribution in [1.29, 1.82) is 0 Å². The van der Waals surface area contributed by atoms with Crippen LogP contribution in [0, 0.1) is 11.8 Å². The zero-order valence-corrected chi connectivity index (χ0v) is 12.9. The van der Waals surface area contributed by atoms with Crippen molar-refractivity contribution in [3.8, 4) is 11.8 Å². The zero-order chi connectivity index (χ0) is 16.2. The molecule has 0 spiro atoms. The van der Waals surface area contributed by atoms with Crippen LogP contribution in [0.4, 0.5) is 0 Å². The van der Waals surface area contributed by atoms with Crippen LogP contribution in [0.15, 0.2) is 0 Å². The maximum absolute atomic E-state index is 11.1. The van der Waals surface area contributed by atoms with Gasteiger partial charge in [-0.25, -0.2) is 10.3 Å². The molecule has 22 heavy (non-hydrogen) atoms. The minimum Gasteiger partial charge on any atom is -0.472 e. The highest BCUT2D eigenvalue weighted by molar-refractivity contribution is 5.91. The molecule has 0 fully saturated rings. The van der Waals surface area contributed by atoms with Crippen LogP contribution in [0.3, 0.4) is 0 Å². The molecule has 0 bridgehead atoms. The molecular weight excluding hydrogens is 296 g/mol. The molecule has 0 saturated carbocycles. The van der Waals surface area contributed by atoms with Gasteiger partial charge in [0.1, 0.15) is 0 Å². The molecule has 0 heterocycles. The average Bonchev–Trinajstić information content (AvgIpc) is 2.32. The Morgan fingerprint density at radius 1 is 1.09 bits per heavy atom. The predicted molar refractivity (Wildman–Crippen MR) is 78.6 cm³/mol. The summed E-state index contributed by atoms with van der Waals surface area (Å²) < 4.78 is 0. The molecule has 0 atom stereocenters. The molecule has 0 radical (unpaired) electrons. The van der Waals surface area contributed by atoms with E-state index in [1.54, 1.807) is 11.8 Å². The van der Waals surface area contributed by atoms with E-state index in [1.165, 1.54) is 5.48 Å². The Labute approximate surface area is 128 Å². The number of rotatable bonds is 3. The lowest BCUT2D eigenvalue weighted by molar-refractivity contribution is -0.132. The summed E-state index contributed by atoms with van der Waals surface area (Å²) in [5, 5.41) is 18.6. The summed E-state index contributed by atoms with van der Waals surface area (Å²) in [4.78, 5) is 40.3. The average molecular weight is 320 g/mol. The van der Waals surface area contributed by atoms with Gasteiger partial charge in [-0.3, -0.25) is 19.6 Å². The van der Waals surface area contributed by atoms with Gasteiger partial charge in [0, 0.05) is 24.3 Å². The van der Waals surface area contributed by atoms with Crippen molar-refractivity contribution in [2.45, 2.75) is 39.2 Å². The molecule has 0 saturated heterocycles. The van der Waals surface area contributed by atoms with Crippen LogP contribution in [0.5, 0.6) is 0 Å². The number of carbonyl (C=O) groups is 4. The van der Waals surface area contributed by atoms with E-state index in [1.807, 2.05) is 20.8 Å². The first-order chi connectivity index (χ1) is 9.12. The smallest absolute Gasteiger partial charge is 0.382 e. The monoisotopic (exact) mass is 320 g/mol. The zero-order valence-electron chi connectivity index (χ0n) is 12.9. The number of nitrogens with one attached hydrogen (secondary N) is 2. The fourth-order valence-corrected chi connectivity index (χ4v) is 0.855. The fourth-order valence-electron chi connectivity index (χ4n) is 0.855. The number of hydrogen-bond acceptors (Lipinski definition) is 7. The van der Waals surface area contributed by atoms with Crippen LogP contribution in [-0.2, 0) is 19.2 Å². The molecule has 2 amide bonds. The lowest BCUT2D eigenvalue weighted by atomic mass is 10.1.